The Kier molecular flexibility index (Phi) is 7.91. The van der Waals surface area contributed by atoms with Gasteiger partial charge in [0.1, 0.15) is 6.61 Å². The molecule has 33 heavy (non-hydrogen) atoms. The van der Waals surface area contributed by atoms with Crippen LogP contribution in [0.4, 0.5) is 4.79 Å². The van der Waals surface area contributed by atoms with E-state index in [9.17, 15) is 4.79 Å². The quantitative estimate of drug-likeness (QED) is 0.623. The molecule has 4 rings (SSSR count). The zero-order valence-corrected chi connectivity index (χ0v) is 19.4. The molecule has 0 saturated carbocycles. The Bertz CT molecular complexity index is 916. The molecule has 2 heterocycles. The maximum Gasteiger partial charge on any atom is 0.407 e. The molecule has 8 nitrogen and oxygen atoms in total. The Morgan fingerprint density at radius 1 is 1.09 bits per heavy atom. The van der Waals surface area contributed by atoms with Gasteiger partial charge in [0.25, 0.3) is 0 Å². The third kappa shape index (κ3) is 6.30. The molecule has 2 aromatic rings. The average Bonchev–Trinajstić information content (AvgIpc) is 3.32. The summed E-state index contributed by atoms with van der Waals surface area (Å²) in [6.45, 7) is 8.66. The lowest BCUT2D eigenvalue weighted by atomic mass is 10.0. The highest BCUT2D eigenvalue weighted by molar-refractivity contribution is 5.67. The summed E-state index contributed by atoms with van der Waals surface area (Å²) >= 11 is 0. The molecular formula is C25H33N3O5. The van der Waals surface area contributed by atoms with Crippen LogP contribution in [0.25, 0.3) is 0 Å². The van der Waals surface area contributed by atoms with Crippen LogP contribution in [0.2, 0.25) is 0 Å². The summed E-state index contributed by atoms with van der Waals surface area (Å²) in [5.74, 6) is 2.39. The van der Waals surface area contributed by atoms with Crippen LogP contribution < -0.4 is 19.5 Å². The lowest BCUT2D eigenvalue weighted by Gasteiger charge is -2.34. The van der Waals surface area contributed by atoms with Crippen molar-refractivity contribution in [3.05, 3.63) is 53.6 Å². The minimum atomic E-state index is -0.354. The van der Waals surface area contributed by atoms with Gasteiger partial charge in [-0.15, -0.1) is 0 Å². The molecule has 1 N–H and O–H groups in total. The van der Waals surface area contributed by atoms with E-state index in [4.69, 9.17) is 18.9 Å². The first-order valence-corrected chi connectivity index (χ1v) is 11.5. The van der Waals surface area contributed by atoms with Gasteiger partial charge < -0.3 is 24.3 Å². The van der Waals surface area contributed by atoms with E-state index in [0.29, 0.717) is 24.7 Å². The Labute approximate surface area is 195 Å². The number of fused-ring (bicyclic) bond motifs is 1. The lowest BCUT2D eigenvalue weighted by molar-refractivity contribution is 0.0925. The van der Waals surface area contributed by atoms with Gasteiger partial charge in [-0.1, -0.05) is 37.3 Å². The van der Waals surface area contributed by atoms with Gasteiger partial charge in [-0.3, -0.25) is 9.80 Å². The number of nitrogens with one attached hydrogen (secondary N) is 1. The third-order valence-electron chi connectivity index (χ3n) is 6.15. The van der Waals surface area contributed by atoms with Gasteiger partial charge >= 0.3 is 6.09 Å². The van der Waals surface area contributed by atoms with Crippen molar-refractivity contribution < 1.29 is 23.7 Å². The highest BCUT2D eigenvalue weighted by Gasteiger charge is 2.22. The number of amides is 1. The van der Waals surface area contributed by atoms with Gasteiger partial charge in [0.15, 0.2) is 11.5 Å². The number of carbonyl (C=O) groups is 1. The van der Waals surface area contributed by atoms with Crippen LogP contribution in [0.1, 0.15) is 24.0 Å². The molecule has 2 aromatic carbocycles. The van der Waals surface area contributed by atoms with Crippen molar-refractivity contribution in [2.45, 2.75) is 19.4 Å². The van der Waals surface area contributed by atoms with Crippen molar-refractivity contribution in [3.63, 3.8) is 0 Å². The van der Waals surface area contributed by atoms with Gasteiger partial charge in [-0.2, -0.15) is 0 Å². The molecule has 178 valence electrons. The zero-order chi connectivity index (χ0) is 23.0. The second-order valence-corrected chi connectivity index (χ2v) is 8.48. The van der Waals surface area contributed by atoms with Crippen molar-refractivity contribution in [1.82, 2.24) is 15.1 Å². The number of hydrogen-bond acceptors (Lipinski definition) is 7. The van der Waals surface area contributed by atoms with Gasteiger partial charge in [-0.25, -0.2) is 4.79 Å². The summed E-state index contributed by atoms with van der Waals surface area (Å²) in [5, 5.41) is 2.86. The molecule has 1 atom stereocenters. The third-order valence-corrected chi connectivity index (χ3v) is 6.15. The topological polar surface area (TPSA) is 72.5 Å². The maximum atomic E-state index is 12.0. The Morgan fingerprint density at radius 3 is 2.61 bits per heavy atom. The van der Waals surface area contributed by atoms with Crippen LogP contribution in [-0.4, -0.2) is 75.7 Å². The number of benzene rings is 2. The van der Waals surface area contributed by atoms with Gasteiger partial charge in [0, 0.05) is 45.8 Å². The number of hydrogen-bond donors (Lipinski definition) is 1. The van der Waals surface area contributed by atoms with E-state index in [1.54, 1.807) is 7.11 Å². The van der Waals surface area contributed by atoms with Crippen LogP contribution in [0.15, 0.2) is 42.5 Å². The van der Waals surface area contributed by atoms with Crippen molar-refractivity contribution in [2.75, 3.05) is 59.8 Å². The second kappa shape index (κ2) is 11.2. The van der Waals surface area contributed by atoms with E-state index in [1.165, 1.54) is 5.56 Å². The minimum absolute atomic E-state index is 0.236. The normalized spacial score (nSPS) is 16.9. The van der Waals surface area contributed by atoms with E-state index >= 15 is 0 Å². The summed E-state index contributed by atoms with van der Waals surface area (Å²) in [6.07, 6.45) is -0.354. The molecule has 0 radical (unpaired) electrons. The number of methoxy groups -OCH3 is 1. The van der Waals surface area contributed by atoms with Crippen molar-refractivity contribution in [3.8, 4) is 17.2 Å². The van der Waals surface area contributed by atoms with Crippen molar-refractivity contribution in [1.29, 1.82) is 0 Å². The Morgan fingerprint density at radius 2 is 1.85 bits per heavy atom. The molecule has 1 fully saturated rings. The standard InChI is InChI=1S/C25H33N3O5/c1-19(21-6-4-3-5-7-21)16-26-25(29)31-13-12-27-8-10-28(11-9-27)17-20-14-22(30-2)24-23(15-20)32-18-33-24/h3-7,14-15,19H,8-13,16-18H2,1-2H3,(H,26,29). The predicted octanol–water partition coefficient (Wildman–Crippen LogP) is 3.07. The molecule has 1 saturated heterocycles. The first-order chi connectivity index (χ1) is 16.1. The summed E-state index contributed by atoms with van der Waals surface area (Å²) in [4.78, 5) is 16.8. The van der Waals surface area contributed by atoms with Crippen LogP contribution in [-0.2, 0) is 11.3 Å². The highest BCUT2D eigenvalue weighted by Crippen LogP contribution is 2.42. The molecule has 0 aromatic heterocycles. The molecule has 1 amide bonds. The second-order valence-electron chi connectivity index (χ2n) is 8.48. The summed E-state index contributed by atoms with van der Waals surface area (Å²) < 4.78 is 21.8. The van der Waals surface area contributed by atoms with Crippen LogP contribution in [0.5, 0.6) is 17.2 Å². The van der Waals surface area contributed by atoms with Crippen LogP contribution in [0.3, 0.4) is 0 Å². The van der Waals surface area contributed by atoms with Crippen molar-refractivity contribution in [2.24, 2.45) is 0 Å². The van der Waals surface area contributed by atoms with E-state index in [0.717, 1.165) is 50.6 Å². The molecule has 1 unspecified atom stereocenters. The first-order valence-electron chi connectivity index (χ1n) is 11.5. The zero-order valence-electron chi connectivity index (χ0n) is 19.4. The van der Waals surface area contributed by atoms with E-state index in [2.05, 4.69) is 34.2 Å². The maximum absolute atomic E-state index is 12.0. The summed E-state index contributed by atoms with van der Waals surface area (Å²) in [5.41, 5.74) is 2.35. The predicted molar refractivity (Wildman–Crippen MR) is 125 cm³/mol. The van der Waals surface area contributed by atoms with Gasteiger partial charge in [0.05, 0.1) is 7.11 Å². The number of ether oxygens (including phenoxy) is 4. The SMILES string of the molecule is COc1cc(CN2CCN(CCOC(=O)NCC(C)c3ccccc3)CC2)cc2c1OCO2. The molecule has 0 spiro atoms. The van der Waals surface area contributed by atoms with Crippen LogP contribution >= 0.6 is 0 Å². The van der Waals surface area contributed by atoms with Gasteiger partial charge in [-0.05, 0) is 29.2 Å². The average molecular weight is 456 g/mol. The fourth-order valence-corrected chi connectivity index (χ4v) is 4.16. The number of carbonyl (C=O) groups excluding carboxylic acids is 1. The molecule has 0 aliphatic carbocycles. The minimum Gasteiger partial charge on any atom is -0.493 e. The van der Waals surface area contributed by atoms with Crippen LogP contribution in [0, 0.1) is 0 Å². The first kappa shape index (κ1) is 23.2. The number of alkyl carbamates (subject to hydrolysis) is 1. The number of piperazine rings is 1. The lowest BCUT2D eigenvalue weighted by Crippen LogP contribution is -2.47. The molecule has 0 bridgehead atoms. The smallest absolute Gasteiger partial charge is 0.407 e. The van der Waals surface area contributed by atoms with E-state index < -0.39 is 0 Å². The molecular weight excluding hydrogens is 422 g/mol. The number of rotatable bonds is 9. The largest absolute Gasteiger partial charge is 0.493 e. The van der Waals surface area contributed by atoms with Gasteiger partial charge in [0.2, 0.25) is 12.5 Å². The highest BCUT2D eigenvalue weighted by atomic mass is 16.7. The summed E-state index contributed by atoms with van der Waals surface area (Å²) in [7, 11) is 1.64. The van der Waals surface area contributed by atoms with Crippen molar-refractivity contribution >= 4 is 6.09 Å². The number of nitrogens with zero attached hydrogens (tertiary/aromatic N) is 2. The fourth-order valence-electron chi connectivity index (χ4n) is 4.16. The monoisotopic (exact) mass is 455 g/mol. The Balaban J connectivity index is 1.13. The Hall–Kier alpha value is -2.97. The molecule has 8 heteroatoms. The van der Waals surface area contributed by atoms with E-state index in [1.807, 2.05) is 30.3 Å². The molecule has 2 aliphatic rings. The van der Waals surface area contributed by atoms with E-state index in [-0.39, 0.29) is 18.8 Å². The fraction of sp³-hybridized carbons (Fsp3) is 0.480. The molecule has 2 aliphatic heterocycles. The summed E-state index contributed by atoms with van der Waals surface area (Å²) in [6, 6.07) is 14.2.